The maximum atomic E-state index is 12.7. The lowest BCUT2D eigenvalue weighted by Crippen LogP contribution is -2.52. The molecule has 3 rings (SSSR count). The molecule has 142 valence electrons. The number of anilines is 1. The second kappa shape index (κ2) is 8.09. The minimum absolute atomic E-state index is 0.00618. The van der Waals surface area contributed by atoms with Gasteiger partial charge in [0.2, 0.25) is 5.91 Å². The van der Waals surface area contributed by atoms with Crippen molar-refractivity contribution >= 4 is 17.6 Å². The summed E-state index contributed by atoms with van der Waals surface area (Å²) in [4.78, 5) is 28.1. The summed E-state index contributed by atoms with van der Waals surface area (Å²) >= 11 is 0. The number of carbonyl (C=O) groups excluding carboxylic acids is 1. The number of rotatable bonds is 6. The van der Waals surface area contributed by atoms with Gasteiger partial charge in [-0.25, -0.2) is 0 Å². The van der Waals surface area contributed by atoms with Crippen LogP contribution in [0, 0.1) is 0 Å². The number of hydrogen-bond acceptors (Lipinski definition) is 5. The first-order valence-electron chi connectivity index (χ1n) is 8.60. The molecule has 0 saturated carbocycles. The first kappa shape index (κ1) is 18.7. The molecule has 0 aliphatic carbocycles. The Bertz CT molecular complexity index is 824. The minimum atomic E-state index is -1.04. The molecule has 1 atom stereocenters. The molecule has 1 aliphatic heterocycles. The quantitative estimate of drug-likeness (QED) is 0.840. The van der Waals surface area contributed by atoms with Crippen LogP contribution in [0.5, 0.6) is 11.5 Å². The van der Waals surface area contributed by atoms with Crippen LogP contribution in [-0.2, 0) is 9.59 Å². The molecule has 0 aromatic heterocycles. The first-order chi connectivity index (χ1) is 13.1. The fraction of sp³-hybridized carbons (Fsp3) is 0.300. The Morgan fingerprint density at radius 1 is 1.04 bits per heavy atom. The smallest absolute Gasteiger partial charge is 0.325 e. The summed E-state index contributed by atoms with van der Waals surface area (Å²) < 4.78 is 10.7. The van der Waals surface area contributed by atoms with Gasteiger partial charge in [-0.15, -0.1) is 0 Å². The summed E-state index contributed by atoms with van der Waals surface area (Å²) in [5.41, 5.74) is 1.28. The SMILES string of the molecule is COc1cccc([C@H](C(=O)O)N2CCN(c3ccccc3)C(=O)C2)c1OC. The summed E-state index contributed by atoms with van der Waals surface area (Å²) in [5, 5.41) is 9.87. The summed E-state index contributed by atoms with van der Waals surface area (Å²) in [6, 6.07) is 13.5. The zero-order valence-corrected chi connectivity index (χ0v) is 15.3. The normalized spacial score (nSPS) is 16.1. The molecule has 27 heavy (non-hydrogen) atoms. The zero-order chi connectivity index (χ0) is 19.4. The summed E-state index contributed by atoms with van der Waals surface area (Å²) in [7, 11) is 2.97. The van der Waals surface area contributed by atoms with Gasteiger partial charge in [0, 0.05) is 24.3 Å². The van der Waals surface area contributed by atoms with Gasteiger partial charge < -0.3 is 19.5 Å². The number of carboxylic acids is 1. The maximum absolute atomic E-state index is 12.7. The average molecular weight is 370 g/mol. The number of para-hydroxylation sites is 2. The number of carboxylic acid groups (broad SMARTS) is 1. The van der Waals surface area contributed by atoms with Gasteiger partial charge in [-0.1, -0.05) is 30.3 Å². The number of amides is 1. The van der Waals surface area contributed by atoms with E-state index in [0.717, 1.165) is 5.69 Å². The second-order valence-electron chi connectivity index (χ2n) is 6.17. The van der Waals surface area contributed by atoms with Gasteiger partial charge in [0.05, 0.1) is 20.8 Å². The highest BCUT2D eigenvalue weighted by atomic mass is 16.5. The van der Waals surface area contributed by atoms with E-state index in [9.17, 15) is 14.7 Å². The molecule has 1 fully saturated rings. The molecule has 0 spiro atoms. The van der Waals surface area contributed by atoms with E-state index in [-0.39, 0.29) is 12.5 Å². The van der Waals surface area contributed by atoms with Gasteiger partial charge in [0.25, 0.3) is 0 Å². The topological polar surface area (TPSA) is 79.3 Å². The van der Waals surface area contributed by atoms with Gasteiger partial charge in [0.15, 0.2) is 11.5 Å². The molecular formula is C20H22N2O5. The van der Waals surface area contributed by atoms with E-state index in [2.05, 4.69) is 0 Å². The molecule has 1 saturated heterocycles. The third-order valence-electron chi connectivity index (χ3n) is 4.65. The van der Waals surface area contributed by atoms with Crippen LogP contribution in [0.25, 0.3) is 0 Å². The molecule has 0 radical (unpaired) electrons. The molecule has 1 heterocycles. The van der Waals surface area contributed by atoms with Crippen molar-refractivity contribution in [3.8, 4) is 11.5 Å². The van der Waals surface area contributed by atoms with Crippen LogP contribution < -0.4 is 14.4 Å². The van der Waals surface area contributed by atoms with E-state index in [1.54, 1.807) is 28.0 Å². The Morgan fingerprint density at radius 2 is 1.78 bits per heavy atom. The largest absolute Gasteiger partial charge is 0.493 e. The third kappa shape index (κ3) is 3.73. The van der Waals surface area contributed by atoms with Crippen molar-refractivity contribution in [3.05, 3.63) is 54.1 Å². The Labute approximate surface area is 157 Å². The van der Waals surface area contributed by atoms with E-state index < -0.39 is 12.0 Å². The fourth-order valence-corrected chi connectivity index (χ4v) is 3.41. The summed E-state index contributed by atoms with van der Waals surface area (Å²) in [6.45, 7) is 0.850. The molecule has 2 aromatic rings. The number of carbonyl (C=O) groups is 2. The zero-order valence-electron chi connectivity index (χ0n) is 15.3. The molecule has 1 aliphatic rings. The van der Waals surface area contributed by atoms with Crippen molar-refractivity contribution < 1.29 is 24.2 Å². The van der Waals surface area contributed by atoms with Gasteiger partial charge in [-0.2, -0.15) is 0 Å². The molecule has 1 amide bonds. The van der Waals surface area contributed by atoms with Crippen LogP contribution in [0.4, 0.5) is 5.69 Å². The van der Waals surface area contributed by atoms with Crippen molar-refractivity contribution in [2.45, 2.75) is 6.04 Å². The number of nitrogens with zero attached hydrogens (tertiary/aromatic N) is 2. The number of methoxy groups -OCH3 is 2. The lowest BCUT2D eigenvalue weighted by atomic mass is 10.0. The molecule has 7 heteroatoms. The molecule has 1 N–H and O–H groups in total. The lowest BCUT2D eigenvalue weighted by molar-refractivity contribution is -0.144. The van der Waals surface area contributed by atoms with Crippen LogP contribution in [0.3, 0.4) is 0 Å². The van der Waals surface area contributed by atoms with E-state index in [0.29, 0.717) is 30.2 Å². The first-order valence-corrected chi connectivity index (χ1v) is 8.60. The van der Waals surface area contributed by atoms with Crippen LogP contribution in [0.1, 0.15) is 11.6 Å². The minimum Gasteiger partial charge on any atom is -0.493 e. The van der Waals surface area contributed by atoms with Crippen molar-refractivity contribution in [3.63, 3.8) is 0 Å². The number of hydrogen-bond donors (Lipinski definition) is 1. The average Bonchev–Trinajstić information content (AvgIpc) is 2.68. The van der Waals surface area contributed by atoms with Gasteiger partial charge >= 0.3 is 5.97 Å². The third-order valence-corrected chi connectivity index (χ3v) is 4.65. The number of ether oxygens (including phenoxy) is 2. The fourth-order valence-electron chi connectivity index (χ4n) is 3.41. The Kier molecular flexibility index (Phi) is 5.61. The van der Waals surface area contributed by atoms with Crippen LogP contribution in [0.2, 0.25) is 0 Å². The highest BCUT2D eigenvalue weighted by Crippen LogP contribution is 2.37. The molecule has 2 aromatic carbocycles. The Balaban J connectivity index is 1.88. The molecule has 0 unspecified atom stereocenters. The van der Waals surface area contributed by atoms with Crippen LogP contribution >= 0.6 is 0 Å². The number of piperazine rings is 1. The van der Waals surface area contributed by atoms with Crippen LogP contribution in [0.15, 0.2) is 48.5 Å². The highest BCUT2D eigenvalue weighted by Gasteiger charge is 2.36. The maximum Gasteiger partial charge on any atom is 0.325 e. The molecular weight excluding hydrogens is 348 g/mol. The van der Waals surface area contributed by atoms with E-state index >= 15 is 0 Å². The Hall–Kier alpha value is -3.06. The van der Waals surface area contributed by atoms with Crippen molar-refractivity contribution in [2.24, 2.45) is 0 Å². The Morgan fingerprint density at radius 3 is 2.37 bits per heavy atom. The van der Waals surface area contributed by atoms with Crippen molar-refractivity contribution in [1.82, 2.24) is 4.90 Å². The van der Waals surface area contributed by atoms with Gasteiger partial charge in [0.1, 0.15) is 6.04 Å². The van der Waals surface area contributed by atoms with E-state index in [1.807, 2.05) is 30.3 Å². The van der Waals surface area contributed by atoms with Crippen LogP contribution in [-0.4, -0.2) is 55.7 Å². The van der Waals surface area contributed by atoms with Gasteiger partial charge in [-0.3, -0.25) is 14.5 Å². The standard InChI is InChI=1S/C20H22N2O5/c1-26-16-10-6-9-15(19(16)27-2)18(20(24)25)21-11-12-22(17(23)13-21)14-7-4-3-5-8-14/h3-10,18H,11-13H2,1-2H3,(H,24,25)/t18-/m1/s1. The monoisotopic (exact) mass is 370 g/mol. The van der Waals surface area contributed by atoms with Crippen molar-refractivity contribution in [1.29, 1.82) is 0 Å². The summed E-state index contributed by atoms with van der Waals surface area (Å²) in [6.07, 6.45) is 0. The van der Waals surface area contributed by atoms with Crippen molar-refractivity contribution in [2.75, 3.05) is 38.8 Å². The summed E-state index contributed by atoms with van der Waals surface area (Å²) in [5.74, 6) is -0.357. The van der Waals surface area contributed by atoms with E-state index in [4.69, 9.17) is 9.47 Å². The van der Waals surface area contributed by atoms with Gasteiger partial charge in [-0.05, 0) is 18.2 Å². The lowest BCUT2D eigenvalue weighted by Gasteiger charge is -2.37. The number of benzene rings is 2. The molecule has 7 nitrogen and oxygen atoms in total. The van der Waals surface area contributed by atoms with E-state index in [1.165, 1.54) is 14.2 Å². The highest BCUT2D eigenvalue weighted by molar-refractivity contribution is 5.96. The second-order valence-corrected chi connectivity index (χ2v) is 6.17. The number of aliphatic carboxylic acids is 1. The molecule has 0 bridgehead atoms. The predicted molar refractivity (Wildman–Crippen MR) is 100 cm³/mol. The predicted octanol–water partition coefficient (Wildman–Crippen LogP) is 2.18.